The molecule has 5 nitrogen and oxygen atoms in total. The number of rotatable bonds is 7. The number of hydrogen-bond acceptors (Lipinski definition) is 5. The minimum Gasteiger partial charge on any atom is -0.351 e. The molecule has 152 valence electrons. The number of carbonyl (C=O) groups is 1. The molecule has 8 heteroatoms. The van der Waals surface area contributed by atoms with Gasteiger partial charge in [0.2, 0.25) is 5.91 Å². The SMILES string of the molecule is O=C(CSc1nc2ccsc2c(=O)n1Cc1ccccc1F)NCc1ccccc1. The van der Waals surface area contributed by atoms with Crippen molar-refractivity contribution in [1.82, 2.24) is 14.9 Å². The summed E-state index contributed by atoms with van der Waals surface area (Å²) in [4.78, 5) is 29.8. The average Bonchev–Trinajstić information content (AvgIpc) is 3.24. The van der Waals surface area contributed by atoms with Gasteiger partial charge in [0.15, 0.2) is 5.16 Å². The molecule has 0 atom stereocenters. The molecule has 0 saturated heterocycles. The maximum atomic E-state index is 14.2. The molecular formula is C22H18FN3O2S2. The minimum atomic E-state index is -0.382. The number of hydrogen-bond donors (Lipinski definition) is 1. The lowest BCUT2D eigenvalue weighted by Crippen LogP contribution is -2.27. The zero-order valence-corrected chi connectivity index (χ0v) is 17.5. The van der Waals surface area contributed by atoms with Gasteiger partial charge < -0.3 is 5.32 Å². The van der Waals surface area contributed by atoms with E-state index in [0.717, 1.165) is 5.56 Å². The Labute approximate surface area is 180 Å². The van der Waals surface area contributed by atoms with E-state index in [1.165, 1.54) is 33.7 Å². The second-order valence-electron chi connectivity index (χ2n) is 6.56. The zero-order valence-electron chi connectivity index (χ0n) is 15.9. The van der Waals surface area contributed by atoms with Crippen molar-refractivity contribution in [2.75, 3.05) is 5.75 Å². The number of fused-ring (bicyclic) bond motifs is 1. The summed E-state index contributed by atoms with van der Waals surface area (Å²) < 4.78 is 16.1. The van der Waals surface area contributed by atoms with Crippen LogP contribution in [0.1, 0.15) is 11.1 Å². The van der Waals surface area contributed by atoms with Gasteiger partial charge >= 0.3 is 0 Å². The monoisotopic (exact) mass is 439 g/mol. The highest BCUT2D eigenvalue weighted by molar-refractivity contribution is 7.99. The van der Waals surface area contributed by atoms with Crippen molar-refractivity contribution in [2.24, 2.45) is 0 Å². The highest BCUT2D eigenvalue weighted by Crippen LogP contribution is 2.22. The van der Waals surface area contributed by atoms with E-state index in [0.29, 0.717) is 27.5 Å². The van der Waals surface area contributed by atoms with Crippen molar-refractivity contribution >= 4 is 39.2 Å². The van der Waals surface area contributed by atoms with E-state index >= 15 is 0 Å². The van der Waals surface area contributed by atoms with Crippen molar-refractivity contribution in [3.8, 4) is 0 Å². The van der Waals surface area contributed by atoms with E-state index in [2.05, 4.69) is 10.3 Å². The van der Waals surface area contributed by atoms with E-state index in [4.69, 9.17) is 0 Å². The van der Waals surface area contributed by atoms with Gasteiger partial charge in [-0.05, 0) is 23.1 Å². The Bertz CT molecular complexity index is 1240. The molecule has 0 unspecified atom stereocenters. The van der Waals surface area contributed by atoms with Crippen LogP contribution in [0.2, 0.25) is 0 Å². The van der Waals surface area contributed by atoms with Crippen LogP contribution in [0.25, 0.3) is 10.2 Å². The van der Waals surface area contributed by atoms with Crippen LogP contribution in [-0.4, -0.2) is 21.2 Å². The third-order valence-corrected chi connectivity index (χ3v) is 6.35. The Morgan fingerprint density at radius 1 is 1.10 bits per heavy atom. The van der Waals surface area contributed by atoms with Gasteiger partial charge in [0, 0.05) is 12.1 Å². The number of amides is 1. The zero-order chi connectivity index (χ0) is 20.9. The summed E-state index contributed by atoms with van der Waals surface area (Å²) in [6.07, 6.45) is 0. The second-order valence-corrected chi connectivity index (χ2v) is 8.42. The number of halogens is 1. The summed E-state index contributed by atoms with van der Waals surface area (Å²) in [5.41, 5.74) is 1.75. The molecule has 2 heterocycles. The number of benzene rings is 2. The van der Waals surface area contributed by atoms with Crippen molar-refractivity contribution in [2.45, 2.75) is 18.2 Å². The summed E-state index contributed by atoms with van der Waals surface area (Å²) in [6, 6.07) is 17.7. The van der Waals surface area contributed by atoms with Crippen LogP contribution in [0.4, 0.5) is 4.39 Å². The molecule has 0 aliphatic carbocycles. The van der Waals surface area contributed by atoms with Gasteiger partial charge in [-0.3, -0.25) is 14.2 Å². The number of carbonyl (C=O) groups excluding carboxylic acids is 1. The molecule has 2 aromatic heterocycles. The van der Waals surface area contributed by atoms with Gasteiger partial charge in [-0.2, -0.15) is 0 Å². The molecule has 0 radical (unpaired) electrons. The van der Waals surface area contributed by atoms with E-state index in [1.807, 2.05) is 30.3 Å². The van der Waals surface area contributed by atoms with Gasteiger partial charge in [-0.25, -0.2) is 9.37 Å². The molecule has 0 aliphatic rings. The summed E-state index contributed by atoms with van der Waals surface area (Å²) in [5, 5.41) is 5.05. The Balaban J connectivity index is 1.54. The summed E-state index contributed by atoms with van der Waals surface area (Å²) >= 11 is 2.47. The van der Waals surface area contributed by atoms with Gasteiger partial charge in [-0.15, -0.1) is 11.3 Å². The van der Waals surface area contributed by atoms with Gasteiger partial charge in [0.05, 0.1) is 17.8 Å². The molecule has 0 bridgehead atoms. The number of aromatic nitrogens is 2. The molecule has 0 spiro atoms. The molecule has 2 aromatic carbocycles. The van der Waals surface area contributed by atoms with E-state index in [-0.39, 0.29) is 29.6 Å². The van der Waals surface area contributed by atoms with E-state index in [1.54, 1.807) is 29.6 Å². The molecule has 4 aromatic rings. The lowest BCUT2D eigenvalue weighted by Gasteiger charge is -2.12. The van der Waals surface area contributed by atoms with Crippen molar-refractivity contribution < 1.29 is 9.18 Å². The topological polar surface area (TPSA) is 64.0 Å². The first kappa shape index (κ1) is 20.3. The van der Waals surface area contributed by atoms with Crippen LogP contribution in [0.15, 0.2) is 76.0 Å². The highest BCUT2D eigenvalue weighted by Gasteiger charge is 2.15. The van der Waals surface area contributed by atoms with Crippen LogP contribution in [0.5, 0.6) is 0 Å². The molecule has 30 heavy (non-hydrogen) atoms. The maximum absolute atomic E-state index is 14.2. The maximum Gasteiger partial charge on any atom is 0.272 e. The highest BCUT2D eigenvalue weighted by atomic mass is 32.2. The summed E-state index contributed by atoms with van der Waals surface area (Å²) in [6.45, 7) is 0.486. The number of thiophene rings is 1. The Morgan fingerprint density at radius 2 is 1.87 bits per heavy atom. The van der Waals surface area contributed by atoms with Crippen molar-refractivity contribution in [3.63, 3.8) is 0 Å². The first-order valence-corrected chi connectivity index (χ1v) is 11.1. The molecular weight excluding hydrogens is 421 g/mol. The van der Waals surface area contributed by atoms with Crippen LogP contribution < -0.4 is 10.9 Å². The van der Waals surface area contributed by atoms with Crippen LogP contribution in [0, 0.1) is 5.82 Å². The van der Waals surface area contributed by atoms with Crippen molar-refractivity contribution in [1.29, 1.82) is 0 Å². The Morgan fingerprint density at radius 3 is 2.67 bits per heavy atom. The molecule has 1 amide bonds. The van der Waals surface area contributed by atoms with Crippen LogP contribution in [0.3, 0.4) is 0 Å². The summed E-state index contributed by atoms with van der Waals surface area (Å²) in [7, 11) is 0. The van der Waals surface area contributed by atoms with Gasteiger partial charge in [0.1, 0.15) is 10.5 Å². The number of nitrogens with zero attached hydrogens (tertiary/aromatic N) is 2. The Hall–Kier alpha value is -2.97. The molecule has 0 fully saturated rings. The quantitative estimate of drug-likeness (QED) is 0.349. The first-order chi connectivity index (χ1) is 14.6. The number of thioether (sulfide) groups is 1. The number of nitrogens with one attached hydrogen (secondary N) is 1. The van der Waals surface area contributed by atoms with E-state index in [9.17, 15) is 14.0 Å². The molecule has 4 rings (SSSR count). The Kier molecular flexibility index (Phi) is 6.25. The summed E-state index contributed by atoms with van der Waals surface area (Å²) in [5.74, 6) is -0.445. The molecule has 1 N–H and O–H groups in total. The fraction of sp³-hybridized carbons (Fsp3) is 0.136. The lowest BCUT2D eigenvalue weighted by atomic mass is 10.2. The predicted octanol–water partition coefficient (Wildman–Crippen LogP) is 4.05. The predicted molar refractivity (Wildman–Crippen MR) is 118 cm³/mol. The largest absolute Gasteiger partial charge is 0.351 e. The van der Waals surface area contributed by atoms with Crippen LogP contribution in [-0.2, 0) is 17.9 Å². The third-order valence-electron chi connectivity index (χ3n) is 4.48. The van der Waals surface area contributed by atoms with E-state index < -0.39 is 0 Å². The first-order valence-electron chi connectivity index (χ1n) is 9.26. The van der Waals surface area contributed by atoms with Gasteiger partial charge in [-0.1, -0.05) is 60.3 Å². The molecule has 0 saturated carbocycles. The average molecular weight is 440 g/mol. The fourth-order valence-electron chi connectivity index (χ4n) is 2.95. The van der Waals surface area contributed by atoms with Gasteiger partial charge in [0.25, 0.3) is 5.56 Å². The second kappa shape index (κ2) is 9.23. The van der Waals surface area contributed by atoms with Crippen molar-refractivity contribution in [3.05, 3.63) is 93.3 Å². The lowest BCUT2D eigenvalue weighted by molar-refractivity contribution is -0.118. The minimum absolute atomic E-state index is 0.0559. The molecule has 0 aliphatic heterocycles. The third kappa shape index (κ3) is 4.60. The smallest absolute Gasteiger partial charge is 0.272 e. The standard InChI is InChI=1S/C22H18FN3O2S2/c23-17-9-5-4-8-16(17)13-26-21(28)20-18(10-11-29-20)25-22(26)30-14-19(27)24-12-15-6-2-1-3-7-15/h1-11H,12-14H2,(H,24,27). The normalized spacial score (nSPS) is 11.0. The van der Waals surface area contributed by atoms with Crippen LogP contribution >= 0.6 is 23.1 Å². The fourth-order valence-corrected chi connectivity index (χ4v) is 4.55.